The molecule has 1 aliphatic rings. The molecule has 1 amide bonds. The zero-order chi connectivity index (χ0) is 18.6. The maximum absolute atomic E-state index is 13.3. The maximum atomic E-state index is 13.3. The molecule has 0 unspecified atom stereocenters. The summed E-state index contributed by atoms with van der Waals surface area (Å²) >= 11 is 0. The number of ether oxygens (including phenoxy) is 1. The summed E-state index contributed by atoms with van der Waals surface area (Å²) in [6.07, 6.45) is 0. The van der Waals surface area contributed by atoms with Crippen molar-refractivity contribution < 1.29 is 18.3 Å². The van der Waals surface area contributed by atoms with Crippen LogP contribution >= 0.6 is 0 Å². The number of benzene rings is 2. The second-order valence-corrected chi connectivity index (χ2v) is 6.27. The van der Waals surface area contributed by atoms with Crippen LogP contribution in [0, 0.1) is 5.82 Å². The summed E-state index contributed by atoms with van der Waals surface area (Å²) in [6, 6.07) is 17.0. The second kappa shape index (κ2) is 7.63. The molecular formula is C21H19FN2O3. The van der Waals surface area contributed by atoms with E-state index in [1.165, 1.54) is 12.1 Å². The first kappa shape index (κ1) is 17.3. The molecule has 3 aromatic rings. The first-order valence-corrected chi connectivity index (χ1v) is 8.79. The summed E-state index contributed by atoms with van der Waals surface area (Å²) in [5, 5.41) is 2.81. The molecule has 1 saturated heterocycles. The van der Waals surface area contributed by atoms with E-state index in [2.05, 4.69) is 10.2 Å². The molecule has 0 spiro atoms. The summed E-state index contributed by atoms with van der Waals surface area (Å²) in [7, 11) is 0. The van der Waals surface area contributed by atoms with Crippen molar-refractivity contribution in [3.8, 4) is 11.3 Å². The highest BCUT2D eigenvalue weighted by molar-refractivity contribution is 6.02. The van der Waals surface area contributed by atoms with Crippen molar-refractivity contribution in [2.45, 2.75) is 0 Å². The van der Waals surface area contributed by atoms with E-state index in [0.717, 1.165) is 32.0 Å². The Labute approximate surface area is 156 Å². The summed E-state index contributed by atoms with van der Waals surface area (Å²) < 4.78 is 24.3. The number of halogens is 1. The van der Waals surface area contributed by atoms with Crippen LogP contribution in [0.25, 0.3) is 11.3 Å². The number of hydrogen-bond donors (Lipinski definition) is 1. The number of morpholine rings is 1. The largest absolute Gasteiger partial charge is 0.451 e. The van der Waals surface area contributed by atoms with E-state index in [9.17, 15) is 9.18 Å². The molecule has 1 N–H and O–H groups in total. The van der Waals surface area contributed by atoms with E-state index in [-0.39, 0.29) is 17.5 Å². The Balaban J connectivity index is 1.43. The average Bonchev–Trinajstić information content (AvgIpc) is 3.20. The molecule has 0 saturated carbocycles. The van der Waals surface area contributed by atoms with E-state index < -0.39 is 0 Å². The molecule has 2 aromatic carbocycles. The van der Waals surface area contributed by atoms with E-state index in [1.807, 2.05) is 24.3 Å². The number of amides is 1. The van der Waals surface area contributed by atoms with Gasteiger partial charge in [-0.3, -0.25) is 4.79 Å². The lowest BCUT2D eigenvalue weighted by Crippen LogP contribution is -2.36. The van der Waals surface area contributed by atoms with Crippen LogP contribution in [0.5, 0.6) is 0 Å². The molecule has 5 nitrogen and oxygen atoms in total. The summed E-state index contributed by atoms with van der Waals surface area (Å²) in [4.78, 5) is 14.6. The van der Waals surface area contributed by atoms with Gasteiger partial charge in [0.05, 0.1) is 13.2 Å². The third-order valence-corrected chi connectivity index (χ3v) is 4.44. The standard InChI is InChI=1S/C21H19FN2O3/c22-16-3-1-2-15(14-16)19-8-9-20(27-19)21(25)23-17-4-6-18(7-5-17)24-10-12-26-13-11-24/h1-9,14H,10-13H2,(H,23,25). The molecule has 0 bridgehead atoms. The van der Waals surface area contributed by atoms with E-state index >= 15 is 0 Å². The Kier molecular flexibility index (Phi) is 4.89. The molecule has 0 aliphatic carbocycles. The van der Waals surface area contributed by atoms with E-state index in [1.54, 1.807) is 24.3 Å². The Morgan fingerprint density at radius 3 is 2.52 bits per heavy atom. The SMILES string of the molecule is O=C(Nc1ccc(N2CCOCC2)cc1)c1ccc(-c2cccc(F)c2)o1. The molecule has 1 aliphatic heterocycles. The van der Waals surface area contributed by atoms with E-state index in [4.69, 9.17) is 9.15 Å². The van der Waals surface area contributed by atoms with Crippen LogP contribution in [0.1, 0.15) is 10.6 Å². The van der Waals surface area contributed by atoms with Crippen LogP contribution in [-0.4, -0.2) is 32.2 Å². The van der Waals surface area contributed by atoms with Gasteiger partial charge < -0.3 is 19.4 Å². The summed E-state index contributed by atoms with van der Waals surface area (Å²) in [5.74, 6) is -0.0825. The Hall–Kier alpha value is -3.12. The van der Waals surface area contributed by atoms with Crippen LogP contribution < -0.4 is 10.2 Å². The molecule has 1 fully saturated rings. The van der Waals surface area contributed by atoms with E-state index in [0.29, 0.717) is 17.0 Å². The molecule has 138 valence electrons. The van der Waals surface area contributed by atoms with Crippen molar-refractivity contribution in [1.29, 1.82) is 0 Å². The van der Waals surface area contributed by atoms with Crippen molar-refractivity contribution in [2.24, 2.45) is 0 Å². The summed E-state index contributed by atoms with van der Waals surface area (Å²) in [5.41, 5.74) is 2.37. The van der Waals surface area contributed by atoms with Gasteiger partial charge in [0.1, 0.15) is 11.6 Å². The number of anilines is 2. The molecule has 1 aromatic heterocycles. The number of nitrogens with zero attached hydrogens (tertiary/aromatic N) is 1. The molecule has 0 radical (unpaired) electrons. The monoisotopic (exact) mass is 366 g/mol. The average molecular weight is 366 g/mol. The van der Waals surface area contributed by atoms with Crippen LogP contribution in [0.15, 0.2) is 65.1 Å². The lowest BCUT2D eigenvalue weighted by molar-refractivity contribution is 0.0997. The zero-order valence-corrected chi connectivity index (χ0v) is 14.7. The van der Waals surface area contributed by atoms with Crippen LogP contribution in [0.2, 0.25) is 0 Å². The van der Waals surface area contributed by atoms with Gasteiger partial charge in [0.2, 0.25) is 0 Å². The molecule has 6 heteroatoms. The molecule has 27 heavy (non-hydrogen) atoms. The van der Waals surface area contributed by atoms with Crippen LogP contribution in [-0.2, 0) is 4.74 Å². The fourth-order valence-corrected chi connectivity index (χ4v) is 3.03. The second-order valence-electron chi connectivity index (χ2n) is 6.27. The van der Waals surface area contributed by atoms with Crippen molar-refractivity contribution in [2.75, 3.05) is 36.5 Å². The highest BCUT2D eigenvalue weighted by Gasteiger charge is 2.14. The van der Waals surface area contributed by atoms with Gasteiger partial charge in [-0.25, -0.2) is 4.39 Å². The lowest BCUT2D eigenvalue weighted by atomic mass is 10.2. The van der Waals surface area contributed by atoms with Gasteiger partial charge in [0.15, 0.2) is 5.76 Å². The number of furan rings is 1. The van der Waals surface area contributed by atoms with Crippen LogP contribution in [0.3, 0.4) is 0 Å². The molecule has 0 atom stereocenters. The topological polar surface area (TPSA) is 54.7 Å². The minimum absolute atomic E-state index is 0.173. The zero-order valence-electron chi connectivity index (χ0n) is 14.7. The number of nitrogens with one attached hydrogen (secondary N) is 1. The predicted molar refractivity (Wildman–Crippen MR) is 102 cm³/mol. The van der Waals surface area contributed by atoms with Gasteiger partial charge >= 0.3 is 0 Å². The first-order valence-electron chi connectivity index (χ1n) is 8.79. The Bertz CT molecular complexity index is 931. The van der Waals surface area contributed by atoms with Crippen molar-refractivity contribution in [3.05, 3.63) is 72.2 Å². The van der Waals surface area contributed by atoms with Gasteiger partial charge in [0.25, 0.3) is 5.91 Å². The fraction of sp³-hybridized carbons (Fsp3) is 0.190. The van der Waals surface area contributed by atoms with Gasteiger partial charge in [-0.15, -0.1) is 0 Å². The number of rotatable bonds is 4. The molecule has 2 heterocycles. The number of carbonyl (C=O) groups is 1. The normalized spacial score (nSPS) is 14.2. The Morgan fingerprint density at radius 1 is 1.00 bits per heavy atom. The summed E-state index contributed by atoms with van der Waals surface area (Å²) in [6.45, 7) is 3.18. The number of carbonyl (C=O) groups excluding carboxylic acids is 1. The van der Waals surface area contributed by atoms with Crippen molar-refractivity contribution in [3.63, 3.8) is 0 Å². The highest BCUT2D eigenvalue weighted by atomic mass is 19.1. The third-order valence-electron chi connectivity index (χ3n) is 4.44. The lowest BCUT2D eigenvalue weighted by Gasteiger charge is -2.28. The quantitative estimate of drug-likeness (QED) is 0.753. The van der Waals surface area contributed by atoms with Crippen LogP contribution in [0.4, 0.5) is 15.8 Å². The third kappa shape index (κ3) is 4.01. The number of hydrogen-bond acceptors (Lipinski definition) is 4. The van der Waals surface area contributed by atoms with Crippen molar-refractivity contribution >= 4 is 17.3 Å². The molecule has 4 rings (SSSR count). The van der Waals surface area contributed by atoms with Gasteiger partial charge in [-0.05, 0) is 48.5 Å². The van der Waals surface area contributed by atoms with Crippen molar-refractivity contribution in [1.82, 2.24) is 0 Å². The van der Waals surface area contributed by atoms with Gasteiger partial charge in [0, 0.05) is 30.0 Å². The van der Waals surface area contributed by atoms with Gasteiger partial charge in [-0.1, -0.05) is 12.1 Å². The fourth-order valence-electron chi connectivity index (χ4n) is 3.03. The highest BCUT2D eigenvalue weighted by Crippen LogP contribution is 2.24. The molecular weight excluding hydrogens is 347 g/mol. The minimum Gasteiger partial charge on any atom is -0.451 e. The van der Waals surface area contributed by atoms with Gasteiger partial charge in [-0.2, -0.15) is 0 Å². The maximum Gasteiger partial charge on any atom is 0.291 e. The minimum atomic E-state index is -0.352. The Morgan fingerprint density at radius 2 is 1.78 bits per heavy atom. The smallest absolute Gasteiger partial charge is 0.291 e. The predicted octanol–water partition coefficient (Wildman–Crippen LogP) is 4.17. The first-order chi connectivity index (χ1) is 13.2.